The molecule has 1 fully saturated rings. The van der Waals surface area contributed by atoms with Crippen LogP contribution in [-0.4, -0.2) is 56.6 Å². The van der Waals surface area contributed by atoms with Crippen LogP contribution in [0.2, 0.25) is 10.0 Å². The van der Waals surface area contributed by atoms with Gasteiger partial charge in [-0.25, -0.2) is 4.68 Å². The van der Waals surface area contributed by atoms with Crippen LogP contribution in [0.1, 0.15) is 43.4 Å². The Morgan fingerprint density at radius 3 is 2.45 bits per heavy atom. The zero-order valence-corrected chi connectivity index (χ0v) is 22.2. The molecule has 1 aromatic heterocycles. The molecule has 1 atom stereocenters. The smallest absolute Gasteiger partial charge is 0.372 e. The highest BCUT2D eigenvalue weighted by Crippen LogP contribution is 2.53. The molecule has 0 spiro atoms. The quantitative estimate of drug-likeness (QED) is 0.419. The third kappa shape index (κ3) is 4.37. The second kappa shape index (κ2) is 9.82. The van der Waals surface area contributed by atoms with Gasteiger partial charge in [0.05, 0.1) is 29.3 Å². The Balaban J connectivity index is 1.66. The van der Waals surface area contributed by atoms with Crippen molar-refractivity contribution in [1.29, 1.82) is 0 Å². The summed E-state index contributed by atoms with van der Waals surface area (Å²) in [5.41, 5.74) is -4.50. The number of aliphatic hydroxyl groups is 1. The van der Waals surface area contributed by atoms with E-state index in [1.807, 2.05) is 0 Å². The molecule has 2 aromatic carbocycles. The van der Waals surface area contributed by atoms with E-state index in [1.165, 1.54) is 46.2 Å². The fraction of sp³-hybridized carbons (Fsp3) is 0.423. The minimum atomic E-state index is -4.89. The highest BCUT2D eigenvalue weighted by atomic mass is 35.5. The molecule has 1 saturated carbocycles. The van der Waals surface area contributed by atoms with Crippen LogP contribution < -0.4 is 4.90 Å². The minimum Gasteiger partial charge on any atom is -0.372 e. The summed E-state index contributed by atoms with van der Waals surface area (Å²) in [6.45, 7) is 6.11. The number of fused-ring (bicyclic) bond motifs is 1. The highest BCUT2D eigenvalue weighted by Gasteiger charge is 2.57. The molecule has 1 N–H and O–H groups in total. The second-order valence-corrected chi connectivity index (χ2v) is 10.5. The number of anilines is 1. The van der Waals surface area contributed by atoms with Gasteiger partial charge in [-0.1, -0.05) is 48.3 Å². The number of rotatable bonds is 7. The average Bonchev–Trinajstić information content (AvgIpc) is 3.44. The summed E-state index contributed by atoms with van der Waals surface area (Å²) in [7, 11) is 0. The number of hydrogen-bond donors (Lipinski definition) is 1. The maximum Gasteiger partial charge on any atom is 0.416 e. The predicted octanol–water partition coefficient (Wildman–Crippen LogP) is 5.30. The van der Waals surface area contributed by atoms with Crippen molar-refractivity contribution in [3.05, 3.63) is 69.5 Å². The van der Waals surface area contributed by atoms with Crippen LogP contribution in [0.15, 0.2) is 42.7 Å². The number of aromatic nitrogens is 3. The number of halogens is 5. The molecule has 202 valence electrons. The number of alkyl halides is 3. The molecule has 1 aliphatic carbocycles. The van der Waals surface area contributed by atoms with Gasteiger partial charge in [-0.2, -0.15) is 13.2 Å². The van der Waals surface area contributed by atoms with E-state index in [2.05, 4.69) is 29.1 Å². The van der Waals surface area contributed by atoms with Crippen molar-refractivity contribution in [3.63, 3.8) is 0 Å². The molecule has 0 saturated heterocycles. The van der Waals surface area contributed by atoms with Crippen molar-refractivity contribution in [2.75, 3.05) is 24.5 Å². The van der Waals surface area contributed by atoms with Gasteiger partial charge >= 0.3 is 6.18 Å². The topological polar surface area (TPSA) is 74.5 Å². The first kappa shape index (κ1) is 26.9. The molecule has 5 rings (SSSR count). The van der Waals surface area contributed by atoms with Crippen molar-refractivity contribution in [1.82, 2.24) is 19.9 Å². The van der Waals surface area contributed by atoms with Crippen LogP contribution in [0.4, 0.5) is 18.9 Å². The number of nitrogens with zero attached hydrogens (tertiary/aromatic N) is 5. The number of hydrogen-bond acceptors (Lipinski definition) is 5. The van der Waals surface area contributed by atoms with E-state index in [0.717, 1.165) is 32.0 Å². The van der Waals surface area contributed by atoms with Gasteiger partial charge in [0.15, 0.2) is 5.60 Å². The van der Waals surface area contributed by atoms with Crippen molar-refractivity contribution >= 4 is 34.8 Å². The van der Waals surface area contributed by atoms with E-state index < -0.39 is 28.8 Å². The van der Waals surface area contributed by atoms with Crippen molar-refractivity contribution in [3.8, 4) is 5.69 Å². The summed E-state index contributed by atoms with van der Waals surface area (Å²) in [5.74, 6) is -0.825. The lowest BCUT2D eigenvalue weighted by atomic mass is 9.78. The van der Waals surface area contributed by atoms with Crippen molar-refractivity contribution < 1.29 is 23.1 Å². The lowest BCUT2D eigenvalue weighted by molar-refractivity contribution is -0.142. The Morgan fingerprint density at radius 1 is 1.16 bits per heavy atom. The van der Waals surface area contributed by atoms with Crippen LogP contribution in [0.25, 0.3) is 5.69 Å². The summed E-state index contributed by atoms with van der Waals surface area (Å²) in [5, 5.41) is 19.6. The van der Waals surface area contributed by atoms with Gasteiger partial charge in [0.1, 0.15) is 0 Å². The summed E-state index contributed by atoms with van der Waals surface area (Å²) in [4.78, 5) is 17.6. The van der Waals surface area contributed by atoms with Gasteiger partial charge in [0.2, 0.25) is 0 Å². The van der Waals surface area contributed by atoms with Gasteiger partial charge in [0.25, 0.3) is 5.91 Å². The van der Waals surface area contributed by atoms with Crippen molar-refractivity contribution in [2.45, 2.75) is 44.5 Å². The molecule has 1 amide bonds. The lowest BCUT2D eigenvalue weighted by Crippen LogP contribution is -2.50. The molecule has 12 heteroatoms. The number of amides is 1. The molecule has 1 aliphatic heterocycles. The zero-order valence-electron chi connectivity index (χ0n) is 20.7. The van der Waals surface area contributed by atoms with E-state index in [0.29, 0.717) is 6.04 Å². The van der Waals surface area contributed by atoms with Crippen LogP contribution in [0.5, 0.6) is 0 Å². The largest absolute Gasteiger partial charge is 0.416 e. The van der Waals surface area contributed by atoms with Gasteiger partial charge < -0.3 is 14.9 Å². The standard InChI is InChI=1S/C26H26Cl2F3N5O2/c1-3-34(4-2)17-9-15(10-17)14-35-22-13-18(36-8-7-32-33-36)12-20(26(29,30)31)23(22)25(38,24(35)37)19-6-5-16(27)11-21(19)28/h5-8,11-13,15,17,38H,3-4,9-10,14H2,1-2H3/t15-,17-,25?. The van der Waals surface area contributed by atoms with Gasteiger partial charge in [0, 0.05) is 33.8 Å². The van der Waals surface area contributed by atoms with E-state index in [9.17, 15) is 23.1 Å². The molecule has 2 aliphatic rings. The highest BCUT2D eigenvalue weighted by molar-refractivity contribution is 6.35. The molecule has 0 bridgehead atoms. The Hall–Kier alpha value is -2.66. The van der Waals surface area contributed by atoms with Crippen LogP contribution in [-0.2, 0) is 16.6 Å². The molecule has 3 aromatic rings. The third-order valence-electron chi connectivity index (χ3n) is 7.60. The first-order valence-electron chi connectivity index (χ1n) is 12.3. The van der Waals surface area contributed by atoms with Crippen LogP contribution in [0.3, 0.4) is 0 Å². The Morgan fingerprint density at radius 2 is 1.87 bits per heavy atom. The molecule has 7 nitrogen and oxygen atoms in total. The number of carbonyl (C=O) groups is 1. The molecule has 1 unspecified atom stereocenters. The Labute approximate surface area is 227 Å². The second-order valence-electron chi connectivity index (χ2n) is 9.70. The van der Waals surface area contributed by atoms with Crippen LogP contribution >= 0.6 is 23.2 Å². The molecule has 38 heavy (non-hydrogen) atoms. The third-order valence-corrected chi connectivity index (χ3v) is 8.15. The molecular weight excluding hydrogens is 542 g/mol. The number of carbonyl (C=O) groups excluding carboxylic acids is 1. The minimum absolute atomic E-state index is 0.0323. The van der Waals surface area contributed by atoms with E-state index in [4.69, 9.17) is 23.2 Å². The molecule has 2 heterocycles. The average molecular weight is 568 g/mol. The maximum atomic E-state index is 14.6. The summed E-state index contributed by atoms with van der Waals surface area (Å²) in [6.07, 6.45) is -0.541. The van der Waals surface area contributed by atoms with Crippen LogP contribution in [0, 0.1) is 5.92 Å². The number of benzene rings is 2. The maximum absolute atomic E-state index is 14.6. The van der Waals surface area contributed by atoms with E-state index in [1.54, 1.807) is 0 Å². The Kier molecular flexibility index (Phi) is 6.96. The van der Waals surface area contributed by atoms with Gasteiger partial charge in [-0.15, -0.1) is 5.10 Å². The first-order chi connectivity index (χ1) is 18.0. The first-order valence-corrected chi connectivity index (χ1v) is 13.1. The fourth-order valence-electron chi connectivity index (χ4n) is 5.68. The monoisotopic (exact) mass is 567 g/mol. The van der Waals surface area contributed by atoms with Gasteiger partial charge in [-0.05, 0) is 56.1 Å². The fourth-order valence-corrected chi connectivity index (χ4v) is 6.22. The summed E-state index contributed by atoms with van der Waals surface area (Å²) >= 11 is 12.4. The molecular formula is C26H26Cl2F3N5O2. The Bertz CT molecular complexity index is 1360. The normalized spacial score (nSPS) is 23.2. The summed E-state index contributed by atoms with van der Waals surface area (Å²) in [6, 6.07) is 6.61. The van der Waals surface area contributed by atoms with Gasteiger partial charge in [-0.3, -0.25) is 4.79 Å². The van der Waals surface area contributed by atoms with E-state index >= 15 is 0 Å². The zero-order chi connectivity index (χ0) is 27.4. The predicted molar refractivity (Wildman–Crippen MR) is 138 cm³/mol. The summed E-state index contributed by atoms with van der Waals surface area (Å²) < 4.78 is 44.8. The van der Waals surface area contributed by atoms with Crippen molar-refractivity contribution in [2.24, 2.45) is 5.92 Å². The molecule has 0 radical (unpaired) electrons. The van der Waals surface area contributed by atoms with E-state index in [-0.39, 0.29) is 39.4 Å². The SMILES string of the molecule is CCN(CC)[C@H]1C[C@H](CN2C(=O)C(O)(c3ccc(Cl)cc3Cl)c3c2cc(-n2ccnn2)cc3C(F)(F)F)C1. The lowest BCUT2D eigenvalue weighted by Gasteiger charge is -2.43.